The maximum Gasteiger partial charge on any atom is 0.417 e. The number of aryl methyl sites for hydroxylation is 1. The smallest absolute Gasteiger partial charge is 0.417 e. The van der Waals surface area contributed by atoms with Crippen LogP contribution in [0, 0.1) is 6.92 Å². The minimum Gasteiger partial charge on any atom is -0.478 e. The Bertz CT molecular complexity index is 554. The van der Waals surface area contributed by atoms with Crippen LogP contribution in [0.4, 0.5) is 26.3 Å². The van der Waals surface area contributed by atoms with Crippen LogP contribution in [0.5, 0.6) is 0 Å². The van der Waals surface area contributed by atoms with Crippen molar-refractivity contribution in [1.82, 2.24) is 0 Å². The molecular weight excluding hydrogens is 290 g/mol. The highest BCUT2D eigenvalue weighted by Crippen LogP contribution is 2.41. The third-order valence-electron chi connectivity index (χ3n) is 2.44. The van der Waals surface area contributed by atoms with Crippen LogP contribution >= 0.6 is 0 Å². The van der Waals surface area contributed by atoms with Crippen LogP contribution in [0.1, 0.15) is 22.3 Å². The van der Waals surface area contributed by atoms with Crippen LogP contribution in [0.25, 0.3) is 6.08 Å². The van der Waals surface area contributed by atoms with Crippen LogP contribution < -0.4 is 0 Å². The van der Waals surface area contributed by atoms with Gasteiger partial charge in [0.1, 0.15) is 0 Å². The standard InChI is InChI=1S/C12H8F6O2/c1-6-2-4-8(11(13,14)15)7(3-5-9(19)20)10(6)12(16,17)18/h2-5H,1H3,(H,19,20)/b5-3+. The second-order valence-electron chi connectivity index (χ2n) is 3.89. The Morgan fingerprint density at radius 2 is 1.65 bits per heavy atom. The number of carboxylic acid groups (broad SMARTS) is 1. The zero-order valence-corrected chi connectivity index (χ0v) is 9.93. The number of halogens is 6. The number of hydrogen-bond donors (Lipinski definition) is 1. The largest absolute Gasteiger partial charge is 0.478 e. The molecule has 0 unspecified atom stereocenters. The topological polar surface area (TPSA) is 37.3 Å². The van der Waals surface area contributed by atoms with Gasteiger partial charge in [0.2, 0.25) is 0 Å². The molecule has 0 saturated carbocycles. The molecule has 0 aromatic heterocycles. The van der Waals surface area contributed by atoms with Gasteiger partial charge in [0.15, 0.2) is 0 Å². The molecule has 0 aliphatic heterocycles. The highest BCUT2D eigenvalue weighted by molar-refractivity contribution is 5.86. The van der Waals surface area contributed by atoms with E-state index in [0.29, 0.717) is 18.2 Å². The summed E-state index contributed by atoms with van der Waals surface area (Å²) in [6, 6.07) is 1.19. The van der Waals surface area contributed by atoms with Gasteiger partial charge >= 0.3 is 18.3 Å². The highest BCUT2D eigenvalue weighted by Gasteiger charge is 2.41. The van der Waals surface area contributed by atoms with Crippen LogP contribution in [0.2, 0.25) is 0 Å². The summed E-state index contributed by atoms with van der Waals surface area (Å²) >= 11 is 0. The maximum atomic E-state index is 12.9. The lowest BCUT2D eigenvalue weighted by molar-refractivity contribution is -0.143. The lowest BCUT2D eigenvalue weighted by Gasteiger charge is -2.18. The molecule has 0 spiro atoms. The number of carbonyl (C=O) groups is 1. The van der Waals surface area contributed by atoms with E-state index in [-0.39, 0.29) is 6.08 Å². The van der Waals surface area contributed by atoms with Crippen LogP contribution in [0.15, 0.2) is 18.2 Å². The molecule has 20 heavy (non-hydrogen) atoms. The number of rotatable bonds is 2. The van der Waals surface area contributed by atoms with Crippen LogP contribution in [-0.4, -0.2) is 11.1 Å². The Kier molecular flexibility index (Phi) is 4.16. The fourth-order valence-corrected chi connectivity index (χ4v) is 1.68. The van der Waals surface area contributed by atoms with Gasteiger partial charge in [-0.15, -0.1) is 0 Å². The summed E-state index contributed by atoms with van der Waals surface area (Å²) in [6.07, 6.45) is -9.50. The predicted molar refractivity (Wildman–Crippen MR) is 57.9 cm³/mol. The van der Waals surface area contributed by atoms with Crippen molar-refractivity contribution in [2.45, 2.75) is 19.3 Å². The molecular formula is C12H8F6O2. The summed E-state index contributed by atoms with van der Waals surface area (Å²) < 4.78 is 76.7. The van der Waals surface area contributed by atoms with Crippen molar-refractivity contribution in [3.63, 3.8) is 0 Å². The van der Waals surface area contributed by atoms with Crippen molar-refractivity contribution < 1.29 is 36.2 Å². The van der Waals surface area contributed by atoms with E-state index in [1.807, 2.05) is 0 Å². The van der Waals surface area contributed by atoms with Crippen molar-refractivity contribution in [2.75, 3.05) is 0 Å². The Morgan fingerprint density at radius 3 is 2.05 bits per heavy atom. The molecule has 0 saturated heterocycles. The molecule has 0 fully saturated rings. The van der Waals surface area contributed by atoms with Gasteiger partial charge in [0.25, 0.3) is 0 Å². The predicted octanol–water partition coefficient (Wildman–Crippen LogP) is 4.13. The van der Waals surface area contributed by atoms with Crippen molar-refractivity contribution in [3.05, 3.63) is 40.5 Å². The summed E-state index contributed by atoms with van der Waals surface area (Å²) in [5.41, 5.74) is -4.65. The molecule has 1 rings (SSSR count). The van der Waals surface area contributed by atoms with Gasteiger partial charge in [0, 0.05) is 6.08 Å². The molecule has 0 bridgehead atoms. The number of carboxylic acids is 1. The molecule has 110 valence electrons. The fraction of sp³-hybridized carbons (Fsp3) is 0.250. The quantitative estimate of drug-likeness (QED) is 0.658. The van der Waals surface area contributed by atoms with E-state index in [1.54, 1.807) is 0 Å². The van der Waals surface area contributed by atoms with Crippen molar-refractivity contribution >= 4 is 12.0 Å². The minimum absolute atomic E-state index is 0.235. The lowest BCUT2D eigenvalue weighted by Crippen LogP contribution is -2.16. The van der Waals surface area contributed by atoms with E-state index in [2.05, 4.69) is 0 Å². The average Bonchev–Trinajstić information content (AvgIpc) is 2.22. The molecule has 8 heteroatoms. The molecule has 1 N–H and O–H groups in total. The summed E-state index contributed by atoms with van der Waals surface area (Å²) in [6.45, 7) is 1.00. The average molecular weight is 298 g/mol. The van der Waals surface area contributed by atoms with Gasteiger partial charge in [-0.3, -0.25) is 0 Å². The number of benzene rings is 1. The van der Waals surface area contributed by atoms with Gasteiger partial charge < -0.3 is 5.11 Å². The van der Waals surface area contributed by atoms with E-state index in [1.165, 1.54) is 0 Å². The summed E-state index contributed by atoms with van der Waals surface area (Å²) in [7, 11) is 0. The molecule has 1 aromatic carbocycles. The maximum absolute atomic E-state index is 12.9. The second-order valence-corrected chi connectivity index (χ2v) is 3.89. The summed E-state index contributed by atoms with van der Waals surface area (Å²) in [4.78, 5) is 10.3. The zero-order valence-electron chi connectivity index (χ0n) is 9.93. The van der Waals surface area contributed by atoms with E-state index in [9.17, 15) is 31.1 Å². The first-order valence-corrected chi connectivity index (χ1v) is 5.13. The Morgan fingerprint density at radius 1 is 1.10 bits per heavy atom. The zero-order chi connectivity index (χ0) is 15.7. The molecule has 0 aliphatic carbocycles. The SMILES string of the molecule is Cc1ccc(C(F)(F)F)c(/C=C/C(=O)O)c1C(F)(F)F. The number of alkyl halides is 6. The highest BCUT2D eigenvalue weighted by atomic mass is 19.4. The summed E-state index contributed by atoms with van der Waals surface area (Å²) in [5, 5.41) is 8.38. The Balaban J connectivity index is 3.69. The van der Waals surface area contributed by atoms with Gasteiger partial charge in [-0.1, -0.05) is 6.07 Å². The first-order chi connectivity index (χ1) is 8.94. The van der Waals surface area contributed by atoms with E-state index in [4.69, 9.17) is 5.11 Å². The molecule has 0 radical (unpaired) electrons. The van der Waals surface area contributed by atoms with E-state index in [0.717, 1.165) is 6.92 Å². The number of hydrogen-bond acceptors (Lipinski definition) is 1. The van der Waals surface area contributed by atoms with Crippen LogP contribution in [-0.2, 0) is 17.1 Å². The first kappa shape index (κ1) is 16.1. The second kappa shape index (κ2) is 5.18. The molecule has 0 aliphatic rings. The monoisotopic (exact) mass is 298 g/mol. The van der Waals surface area contributed by atoms with E-state index < -0.39 is 40.6 Å². The van der Waals surface area contributed by atoms with Gasteiger partial charge in [-0.05, 0) is 30.2 Å². The number of aliphatic carboxylic acids is 1. The molecule has 0 amide bonds. The molecule has 0 atom stereocenters. The van der Waals surface area contributed by atoms with Gasteiger partial charge in [0.05, 0.1) is 11.1 Å². The summed E-state index contributed by atoms with van der Waals surface area (Å²) in [5.74, 6) is -1.65. The molecule has 0 heterocycles. The molecule has 1 aromatic rings. The van der Waals surface area contributed by atoms with Gasteiger partial charge in [-0.25, -0.2) is 4.79 Å². The van der Waals surface area contributed by atoms with E-state index >= 15 is 0 Å². The normalized spacial score (nSPS) is 12.9. The third kappa shape index (κ3) is 3.52. The third-order valence-corrected chi connectivity index (χ3v) is 2.44. The fourth-order valence-electron chi connectivity index (χ4n) is 1.68. The molecule has 2 nitrogen and oxygen atoms in total. The Labute approximate surface area is 109 Å². The van der Waals surface area contributed by atoms with Crippen molar-refractivity contribution in [2.24, 2.45) is 0 Å². The first-order valence-electron chi connectivity index (χ1n) is 5.13. The Hall–Kier alpha value is -1.99. The van der Waals surface area contributed by atoms with Crippen molar-refractivity contribution in [3.8, 4) is 0 Å². The lowest BCUT2D eigenvalue weighted by atomic mass is 9.95. The van der Waals surface area contributed by atoms with Crippen LogP contribution in [0.3, 0.4) is 0 Å². The van der Waals surface area contributed by atoms with Crippen molar-refractivity contribution in [1.29, 1.82) is 0 Å². The minimum atomic E-state index is -5.02. The van der Waals surface area contributed by atoms with Gasteiger partial charge in [-0.2, -0.15) is 26.3 Å².